The molecule has 0 spiro atoms. The Hall–Kier alpha value is -1.72. The van der Waals surface area contributed by atoms with E-state index in [-0.39, 0.29) is 0 Å². The molecule has 0 bridgehead atoms. The Morgan fingerprint density at radius 1 is 1.03 bits per heavy atom. The van der Waals surface area contributed by atoms with Gasteiger partial charge < -0.3 is 4.90 Å². The van der Waals surface area contributed by atoms with Crippen LogP contribution in [0.3, 0.4) is 0 Å². The number of aryl methyl sites for hydroxylation is 1. The number of rotatable bonds is 4. The van der Waals surface area contributed by atoms with Gasteiger partial charge in [-0.25, -0.2) is 0 Å². The molecule has 0 radical (unpaired) electrons. The number of hydrogen-bond donors (Lipinski definition) is 0. The molecule has 0 unspecified atom stereocenters. The van der Waals surface area contributed by atoms with Gasteiger partial charge in [-0.05, 0) is 74.2 Å². The predicted octanol–water partition coefficient (Wildman–Crippen LogP) is 8.09. The van der Waals surface area contributed by atoms with Crippen LogP contribution in [0.4, 0.5) is 5.69 Å². The molecule has 158 valence electrons. The summed E-state index contributed by atoms with van der Waals surface area (Å²) in [4.78, 5) is 3.63. The number of fused-ring (bicyclic) bond motifs is 2. The van der Waals surface area contributed by atoms with Gasteiger partial charge in [-0.15, -0.1) is 0 Å². The number of hydrogen-bond acceptors (Lipinski definition) is 3. The maximum Gasteiger partial charge on any atom is 0.263 e. The second-order valence-electron chi connectivity index (χ2n) is 7.68. The highest BCUT2D eigenvalue weighted by molar-refractivity contribution is 8.03. The van der Waals surface area contributed by atoms with Crippen LogP contribution in [0, 0.1) is 0 Å². The maximum absolute atomic E-state index is 6.24. The molecule has 0 amide bonds. The second kappa shape index (κ2) is 8.67. The molecular weight excluding hydrogens is 463 g/mol. The van der Waals surface area contributed by atoms with Gasteiger partial charge in [0.15, 0.2) is 0 Å². The molecule has 0 N–H and O–H groups in total. The minimum atomic E-state index is 0.790. The lowest BCUT2D eigenvalue weighted by Crippen LogP contribution is -2.33. The minimum absolute atomic E-state index is 0.790. The molecule has 1 aromatic heterocycles. The van der Waals surface area contributed by atoms with E-state index in [9.17, 15) is 0 Å². The van der Waals surface area contributed by atoms with Crippen molar-refractivity contribution >= 4 is 68.3 Å². The molecule has 3 aromatic rings. The predicted molar refractivity (Wildman–Crippen MR) is 136 cm³/mol. The Morgan fingerprint density at radius 2 is 1.84 bits per heavy atom. The van der Waals surface area contributed by atoms with Crippen molar-refractivity contribution in [1.82, 2.24) is 0 Å². The van der Waals surface area contributed by atoms with Gasteiger partial charge in [0.2, 0.25) is 5.52 Å². The normalized spacial score (nSPS) is 18.5. The average molecular weight is 487 g/mol. The highest BCUT2D eigenvalue weighted by Gasteiger charge is 2.25. The van der Waals surface area contributed by atoms with E-state index in [0.717, 1.165) is 36.0 Å². The number of benzene rings is 2. The lowest BCUT2D eigenvalue weighted by atomic mass is 10.2. The summed E-state index contributed by atoms with van der Waals surface area (Å²) in [6.45, 7) is 6.25. The van der Waals surface area contributed by atoms with E-state index in [1.54, 1.807) is 0 Å². The third kappa shape index (κ3) is 4.07. The third-order valence-electron chi connectivity index (χ3n) is 5.71. The highest BCUT2D eigenvalue weighted by atomic mass is 35.5. The van der Waals surface area contributed by atoms with Crippen molar-refractivity contribution in [3.05, 3.63) is 79.8 Å². The number of halogens is 2. The monoisotopic (exact) mass is 485 g/mol. The molecule has 31 heavy (non-hydrogen) atoms. The Kier molecular flexibility index (Phi) is 5.91. The van der Waals surface area contributed by atoms with Crippen LogP contribution in [0.15, 0.2) is 69.6 Å². The first-order chi connectivity index (χ1) is 15.1. The third-order valence-corrected chi connectivity index (χ3v) is 8.40. The number of anilines is 1. The van der Waals surface area contributed by atoms with Gasteiger partial charge >= 0.3 is 0 Å². The van der Waals surface area contributed by atoms with Gasteiger partial charge in [-0.3, -0.25) is 0 Å². The maximum atomic E-state index is 6.24. The molecule has 1 aliphatic heterocycles. The second-order valence-corrected chi connectivity index (χ2v) is 10.7. The summed E-state index contributed by atoms with van der Waals surface area (Å²) < 4.78 is 3.63. The lowest BCUT2D eigenvalue weighted by Gasteiger charge is -2.18. The summed E-state index contributed by atoms with van der Waals surface area (Å²) in [5, 5.41) is 4.15. The van der Waals surface area contributed by atoms with Crippen molar-refractivity contribution < 1.29 is 4.57 Å². The number of aromatic nitrogens is 1. The molecule has 5 rings (SSSR count). The van der Waals surface area contributed by atoms with Crippen molar-refractivity contribution in [2.45, 2.75) is 38.1 Å². The Balaban J connectivity index is 1.45. The summed E-state index contributed by atoms with van der Waals surface area (Å²) in [6.07, 6.45) is 9.21. The highest BCUT2D eigenvalue weighted by Crippen LogP contribution is 2.47. The summed E-state index contributed by atoms with van der Waals surface area (Å²) >= 11 is 16.1. The van der Waals surface area contributed by atoms with Crippen LogP contribution in [-0.2, 0) is 6.54 Å². The van der Waals surface area contributed by atoms with E-state index >= 15 is 0 Å². The van der Waals surface area contributed by atoms with Crippen molar-refractivity contribution in [2.24, 2.45) is 0 Å². The zero-order valence-electron chi connectivity index (χ0n) is 17.5. The molecule has 0 atom stereocenters. The van der Waals surface area contributed by atoms with E-state index in [2.05, 4.69) is 65.8 Å². The minimum Gasteiger partial charge on any atom is -0.335 e. The number of thiazole rings is 1. The molecule has 0 saturated carbocycles. The molecule has 6 heteroatoms. The van der Waals surface area contributed by atoms with Crippen molar-refractivity contribution in [3.63, 3.8) is 0 Å². The Labute approximate surface area is 201 Å². The van der Waals surface area contributed by atoms with Gasteiger partial charge in [0.1, 0.15) is 11.2 Å². The molecule has 2 aliphatic rings. The van der Waals surface area contributed by atoms with Crippen LogP contribution in [0.25, 0.3) is 16.3 Å². The zero-order valence-corrected chi connectivity index (χ0v) is 20.6. The fourth-order valence-corrected chi connectivity index (χ4v) is 6.93. The number of nitrogens with zero attached hydrogens (tertiary/aromatic N) is 2. The standard InChI is InChI=1S/C25H23Cl2N2S2/c1-3-28-20-14-18(26)7-9-22(20)30-24(28)12-16-5-6-17(11-16)13-25-29(4-2)21-15-19(27)8-10-23(21)31-25/h7-15H,3-6H2,1-2H3/q+1. The van der Waals surface area contributed by atoms with Gasteiger partial charge in [0.05, 0.1) is 10.7 Å². The van der Waals surface area contributed by atoms with Crippen molar-refractivity contribution in [3.8, 4) is 0 Å². The summed E-state index contributed by atoms with van der Waals surface area (Å²) in [5.74, 6) is 0. The molecule has 2 heterocycles. The molecule has 2 nitrogen and oxygen atoms in total. The number of allylic oxidation sites excluding steroid dienone is 4. The fourth-order valence-electron chi connectivity index (χ4n) is 4.23. The van der Waals surface area contributed by atoms with Crippen molar-refractivity contribution in [2.75, 3.05) is 11.4 Å². The van der Waals surface area contributed by atoms with E-state index in [0.29, 0.717) is 0 Å². The first-order valence-corrected chi connectivity index (χ1v) is 12.9. The SMILES string of the molecule is CCN1C(=CC2=CC(=Cc3sc4ccc(Cl)cc4[n+]3CC)CC2)Sc2ccc(Cl)cc21. The van der Waals surface area contributed by atoms with E-state index in [1.807, 2.05) is 35.2 Å². The van der Waals surface area contributed by atoms with Crippen LogP contribution < -0.4 is 9.47 Å². The number of thioether (sulfide) groups is 1. The lowest BCUT2D eigenvalue weighted by molar-refractivity contribution is -0.665. The first kappa shape index (κ1) is 21.1. The fraction of sp³-hybridized carbons (Fsp3) is 0.240. The topological polar surface area (TPSA) is 7.12 Å². The largest absolute Gasteiger partial charge is 0.335 e. The van der Waals surface area contributed by atoms with Gasteiger partial charge in [0, 0.05) is 33.6 Å². The molecule has 0 fully saturated rings. The van der Waals surface area contributed by atoms with E-state index < -0.39 is 0 Å². The average Bonchev–Trinajstić information content (AvgIpc) is 3.43. The van der Waals surface area contributed by atoms with Gasteiger partial charge in [-0.1, -0.05) is 52.4 Å². The molecule has 1 aliphatic carbocycles. The van der Waals surface area contributed by atoms with Crippen LogP contribution in [0.5, 0.6) is 0 Å². The quantitative estimate of drug-likeness (QED) is 0.344. The summed E-state index contributed by atoms with van der Waals surface area (Å²) in [7, 11) is 0. The van der Waals surface area contributed by atoms with Gasteiger partial charge in [-0.2, -0.15) is 4.57 Å². The molecule has 2 aromatic carbocycles. The van der Waals surface area contributed by atoms with Crippen LogP contribution in [-0.4, -0.2) is 6.54 Å². The van der Waals surface area contributed by atoms with Crippen LogP contribution >= 0.6 is 46.3 Å². The zero-order chi connectivity index (χ0) is 21.5. The molecule has 0 saturated heterocycles. The van der Waals surface area contributed by atoms with Crippen molar-refractivity contribution in [1.29, 1.82) is 0 Å². The first-order valence-electron chi connectivity index (χ1n) is 10.6. The Bertz CT molecular complexity index is 1270. The summed E-state index contributed by atoms with van der Waals surface area (Å²) in [5.41, 5.74) is 5.21. The summed E-state index contributed by atoms with van der Waals surface area (Å²) in [6, 6.07) is 12.3. The van der Waals surface area contributed by atoms with Crippen LogP contribution in [0.1, 0.15) is 31.7 Å². The van der Waals surface area contributed by atoms with Crippen LogP contribution in [0.2, 0.25) is 10.0 Å². The molecular formula is C25H23Cl2N2S2+. The smallest absolute Gasteiger partial charge is 0.263 e. The van der Waals surface area contributed by atoms with E-state index in [1.165, 1.54) is 42.0 Å². The van der Waals surface area contributed by atoms with E-state index in [4.69, 9.17) is 23.2 Å². The Morgan fingerprint density at radius 3 is 2.65 bits per heavy atom. The van der Waals surface area contributed by atoms with Gasteiger partial charge in [0.25, 0.3) is 5.01 Å².